The molecule has 0 amide bonds. The molecule has 0 spiro atoms. The van der Waals surface area contributed by atoms with E-state index in [1.807, 2.05) is 10.6 Å². The highest BCUT2D eigenvalue weighted by molar-refractivity contribution is 7.68. The van der Waals surface area contributed by atoms with Crippen LogP contribution in [-0.2, 0) is 0 Å². The predicted octanol–water partition coefficient (Wildman–Crippen LogP) is 15.8. The van der Waals surface area contributed by atoms with Crippen LogP contribution in [0.15, 0.2) is 20.7 Å². The number of allylic oxidation sites excluding steroid dienone is 4. The molecule has 0 nitrogen and oxygen atoms in total. The van der Waals surface area contributed by atoms with Crippen molar-refractivity contribution in [3.8, 4) is 0 Å². The molecule has 0 aliphatic carbocycles. The zero-order chi connectivity index (χ0) is 34.7. The Morgan fingerprint density at radius 3 is 0.750 bits per heavy atom. The average Bonchev–Trinajstić information content (AvgIpc) is 3.46. The van der Waals surface area contributed by atoms with E-state index in [1.54, 1.807) is 0 Å². The van der Waals surface area contributed by atoms with Gasteiger partial charge in [-0.25, -0.2) is 0 Å². The van der Waals surface area contributed by atoms with E-state index in [4.69, 9.17) is 23.2 Å². The van der Waals surface area contributed by atoms with Gasteiger partial charge in [0, 0.05) is 10.1 Å². The lowest BCUT2D eigenvalue weighted by Gasteiger charge is -2.44. The van der Waals surface area contributed by atoms with Crippen molar-refractivity contribution in [2.24, 2.45) is 21.7 Å². The Kier molecular flexibility index (Phi) is 16.6. The van der Waals surface area contributed by atoms with Crippen LogP contribution in [0.4, 0.5) is 0 Å². The molecular weight excluding hydrogens is 632 g/mol. The molecular formula is C39H75Cl2P3. The molecule has 3 aliphatic heterocycles. The SMILES string of the molecule is CC(C)(C)/C(Cl)=C(/Cl)C(C)(C)C.C[C@@H]1CC[C@@H](C)P1/C(=C(\P1[C@H](C)CC[C@H]1C)C(C)(C)C)C(C)(C)C.C[C@@H]1CC[C@@H](C)P1C. The van der Waals surface area contributed by atoms with Crippen LogP contribution in [0.25, 0.3) is 0 Å². The molecule has 5 heteroatoms. The molecule has 3 fully saturated rings. The van der Waals surface area contributed by atoms with Crippen LogP contribution in [0, 0.1) is 21.7 Å². The van der Waals surface area contributed by atoms with Crippen LogP contribution in [0.1, 0.15) is 163 Å². The fraction of sp³-hybridized carbons (Fsp3) is 0.897. The third-order valence-electron chi connectivity index (χ3n) is 9.97. The molecule has 0 aromatic carbocycles. The smallest absolute Gasteiger partial charge is 0.0384 e. The van der Waals surface area contributed by atoms with E-state index in [2.05, 4.69) is 131 Å². The van der Waals surface area contributed by atoms with Gasteiger partial charge in [-0.1, -0.05) is 164 Å². The van der Waals surface area contributed by atoms with Gasteiger partial charge in [-0.15, -0.1) is 7.92 Å². The highest BCUT2D eigenvalue weighted by Gasteiger charge is 2.45. The number of hydrogen-bond acceptors (Lipinski definition) is 0. The first-order valence-corrected chi connectivity index (χ1v) is 23.4. The molecule has 3 saturated heterocycles. The summed E-state index contributed by atoms with van der Waals surface area (Å²) in [7, 11) is 0.450. The van der Waals surface area contributed by atoms with Crippen LogP contribution in [0.2, 0.25) is 0 Å². The van der Waals surface area contributed by atoms with Gasteiger partial charge in [0.1, 0.15) is 0 Å². The summed E-state index contributed by atoms with van der Waals surface area (Å²) < 4.78 is 0. The first kappa shape index (κ1) is 43.4. The van der Waals surface area contributed by atoms with Crippen molar-refractivity contribution in [1.82, 2.24) is 0 Å². The van der Waals surface area contributed by atoms with E-state index in [0.29, 0.717) is 18.8 Å². The highest BCUT2D eigenvalue weighted by atomic mass is 35.5. The van der Waals surface area contributed by atoms with E-state index in [1.165, 1.54) is 38.5 Å². The topological polar surface area (TPSA) is 0 Å². The van der Waals surface area contributed by atoms with Gasteiger partial charge in [0.2, 0.25) is 0 Å². The minimum absolute atomic E-state index is 0.0189. The molecule has 6 atom stereocenters. The summed E-state index contributed by atoms with van der Waals surface area (Å²) in [6.45, 7) is 44.9. The Labute approximate surface area is 291 Å². The Balaban J connectivity index is 0.000000400. The maximum Gasteiger partial charge on any atom is 0.0384 e. The summed E-state index contributed by atoms with van der Waals surface area (Å²) in [5.74, 6) is 0. The van der Waals surface area contributed by atoms with E-state index in [-0.39, 0.29) is 26.7 Å². The van der Waals surface area contributed by atoms with Gasteiger partial charge in [-0.3, -0.25) is 0 Å². The molecule has 0 aromatic rings. The van der Waals surface area contributed by atoms with Gasteiger partial charge in [0.25, 0.3) is 0 Å². The minimum Gasteiger partial charge on any atom is -0.104 e. The number of hydrogen-bond donors (Lipinski definition) is 0. The summed E-state index contributed by atoms with van der Waals surface area (Å²) in [4.78, 5) is 0. The van der Waals surface area contributed by atoms with Crippen LogP contribution in [0.3, 0.4) is 0 Å². The van der Waals surface area contributed by atoms with Crippen LogP contribution in [-0.4, -0.2) is 40.6 Å². The van der Waals surface area contributed by atoms with E-state index in [0.717, 1.165) is 44.0 Å². The molecule has 0 N–H and O–H groups in total. The Bertz CT molecular complexity index is 873. The third-order valence-corrected chi connectivity index (χ3v) is 22.7. The lowest BCUT2D eigenvalue weighted by molar-refractivity contribution is 0.481. The quantitative estimate of drug-likeness (QED) is 0.251. The Hall–Kier alpha value is 1.35. The summed E-state index contributed by atoms with van der Waals surface area (Å²) in [5.41, 5.74) is 6.35. The lowest BCUT2D eigenvalue weighted by atomic mass is 9.88. The third kappa shape index (κ3) is 12.0. The second-order valence-corrected chi connectivity index (χ2v) is 28.5. The molecule has 3 aliphatic rings. The molecule has 0 radical (unpaired) electrons. The van der Waals surface area contributed by atoms with Crippen molar-refractivity contribution in [1.29, 1.82) is 0 Å². The van der Waals surface area contributed by atoms with Crippen molar-refractivity contribution in [2.75, 3.05) is 6.66 Å². The Morgan fingerprint density at radius 2 is 0.614 bits per heavy atom. The summed E-state index contributed by atoms with van der Waals surface area (Å²) >= 11 is 12.3. The molecule has 0 saturated carbocycles. The lowest BCUT2D eigenvalue weighted by Crippen LogP contribution is -2.23. The number of halogens is 2. The van der Waals surface area contributed by atoms with Gasteiger partial charge >= 0.3 is 0 Å². The van der Waals surface area contributed by atoms with Crippen LogP contribution in [0.5, 0.6) is 0 Å². The van der Waals surface area contributed by atoms with Crippen molar-refractivity contribution in [3.05, 3.63) is 20.7 Å². The first-order chi connectivity index (χ1) is 19.6. The highest BCUT2D eigenvalue weighted by Crippen LogP contribution is 2.74. The predicted molar refractivity (Wildman–Crippen MR) is 215 cm³/mol. The van der Waals surface area contributed by atoms with E-state index < -0.39 is 0 Å². The fourth-order valence-corrected chi connectivity index (χ4v) is 18.1. The molecule has 0 unspecified atom stereocenters. The molecule has 3 heterocycles. The second-order valence-electron chi connectivity index (χ2n) is 18.6. The summed E-state index contributed by atoms with van der Waals surface area (Å²) in [5, 5.41) is 5.40. The standard InChI is InChI=1S/C22H42P2.C10H18Cl2.C7H15P/c1-15-11-12-16(2)23(15)19(21(5,6)7)20(22(8,9)10)24-17(3)13-14-18(24)4;1-9(2,3)7(11)8(12)10(4,5)6;1-6-4-5-7(2)8(6)3/h15-18H,11-14H2,1-10H3;1-6H3;6-7H,4-5H2,1-3H3/b20-19-;8-7-;/t15-,16-,17-,18-;;6-,7-/m1.1/s1. The van der Waals surface area contributed by atoms with Crippen LogP contribution < -0.4 is 0 Å². The monoisotopic (exact) mass is 706 g/mol. The fourth-order valence-electron chi connectivity index (χ4n) is 6.98. The largest absolute Gasteiger partial charge is 0.104 e. The normalized spacial score (nSPS) is 30.8. The second kappa shape index (κ2) is 16.8. The summed E-state index contributed by atoms with van der Waals surface area (Å²) in [6, 6.07) is 0. The van der Waals surface area contributed by atoms with Crippen molar-refractivity contribution < 1.29 is 0 Å². The van der Waals surface area contributed by atoms with Crippen LogP contribution >= 0.6 is 47.0 Å². The summed E-state index contributed by atoms with van der Waals surface area (Å²) in [6.07, 6.45) is 8.78. The van der Waals surface area contributed by atoms with Crippen molar-refractivity contribution >= 4 is 47.0 Å². The Morgan fingerprint density at radius 1 is 0.409 bits per heavy atom. The maximum absolute atomic E-state index is 6.14. The minimum atomic E-state index is -0.0497. The molecule has 0 aromatic heterocycles. The molecule has 44 heavy (non-hydrogen) atoms. The molecule has 0 bridgehead atoms. The van der Waals surface area contributed by atoms with Gasteiger partial charge in [0.15, 0.2) is 0 Å². The molecule has 260 valence electrons. The van der Waals surface area contributed by atoms with Gasteiger partial charge in [0.05, 0.1) is 0 Å². The van der Waals surface area contributed by atoms with Gasteiger partial charge < -0.3 is 0 Å². The maximum atomic E-state index is 6.14. The van der Waals surface area contributed by atoms with Gasteiger partial charge in [-0.05, 0) is 111 Å². The van der Waals surface area contributed by atoms with Crippen molar-refractivity contribution in [2.45, 2.75) is 197 Å². The zero-order valence-electron chi connectivity index (χ0n) is 32.8. The molecule has 3 rings (SSSR count). The average molecular weight is 708 g/mol. The first-order valence-electron chi connectivity index (χ1n) is 17.7. The number of rotatable bonds is 2. The zero-order valence-corrected chi connectivity index (χ0v) is 37.0. The van der Waals surface area contributed by atoms with E-state index >= 15 is 0 Å². The van der Waals surface area contributed by atoms with Gasteiger partial charge in [-0.2, -0.15) is 0 Å². The van der Waals surface area contributed by atoms with Crippen molar-refractivity contribution in [3.63, 3.8) is 0 Å². The van der Waals surface area contributed by atoms with E-state index in [9.17, 15) is 0 Å².